The second kappa shape index (κ2) is 6.42. The molecule has 0 aliphatic carbocycles. The maximum absolute atomic E-state index is 13.5. The molecule has 2 aromatic rings. The first-order valence-corrected chi connectivity index (χ1v) is 7.47. The Hall–Kier alpha value is -1.97. The first kappa shape index (κ1) is 14.9. The van der Waals surface area contributed by atoms with Crippen molar-refractivity contribution in [2.45, 2.75) is 6.54 Å². The van der Waals surface area contributed by atoms with Crippen molar-refractivity contribution < 1.29 is 9.18 Å². The van der Waals surface area contributed by atoms with E-state index in [1.54, 1.807) is 6.07 Å². The van der Waals surface area contributed by atoms with Gasteiger partial charge in [0.1, 0.15) is 5.82 Å². The van der Waals surface area contributed by atoms with E-state index in [1.165, 1.54) is 18.2 Å². The normalized spacial score (nSPS) is 14.5. The highest BCUT2D eigenvalue weighted by atomic mass is 35.5. The molecule has 3 rings (SSSR count). The second-order valence-corrected chi connectivity index (χ2v) is 5.75. The Morgan fingerprint density at radius 1 is 1.14 bits per heavy atom. The fraction of sp³-hybridized carbons (Fsp3) is 0.167. The molecular weight excluding hydrogens is 301 g/mol. The minimum absolute atomic E-state index is 0.204. The van der Waals surface area contributed by atoms with E-state index in [4.69, 9.17) is 11.6 Å². The first-order valence-electron chi connectivity index (χ1n) is 7.09. The van der Waals surface area contributed by atoms with E-state index in [0.717, 1.165) is 18.7 Å². The van der Waals surface area contributed by atoms with Crippen LogP contribution >= 0.6 is 11.6 Å². The molecule has 112 valence electrons. The van der Waals surface area contributed by atoms with Gasteiger partial charge in [0.05, 0.1) is 0 Å². The van der Waals surface area contributed by atoms with Crippen LogP contribution < -0.4 is 0 Å². The molecule has 0 N–H and O–H groups in total. The van der Waals surface area contributed by atoms with Gasteiger partial charge in [0.15, 0.2) is 5.78 Å². The molecule has 0 saturated carbocycles. The molecule has 0 bridgehead atoms. The quantitative estimate of drug-likeness (QED) is 0.626. The average molecular weight is 316 g/mol. The van der Waals surface area contributed by atoms with Crippen molar-refractivity contribution in [3.05, 3.63) is 82.1 Å². The minimum Gasteiger partial charge on any atom is -0.292 e. The monoisotopic (exact) mass is 315 g/mol. The van der Waals surface area contributed by atoms with Gasteiger partial charge in [-0.15, -0.1) is 0 Å². The van der Waals surface area contributed by atoms with Crippen LogP contribution in [-0.4, -0.2) is 23.8 Å². The van der Waals surface area contributed by atoms with Crippen molar-refractivity contribution in [2.75, 3.05) is 13.1 Å². The maximum Gasteiger partial charge on any atom is 0.193 e. The molecule has 0 aromatic heterocycles. The summed E-state index contributed by atoms with van der Waals surface area (Å²) in [7, 11) is 0. The summed E-state index contributed by atoms with van der Waals surface area (Å²) in [6.07, 6.45) is 4.22. The highest BCUT2D eigenvalue weighted by Gasteiger charge is 2.17. The predicted octanol–water partition coefficient (Wildman–Crippen LogP) is 4.08. The summed E-state index contributed by atoms with van der Waals surface area (Å²) < 4.78 is 13.5. The molecule has 22 heavy (non-hydrogen) atoms. The van der Waals surface area contributed by atoms with Crippen LogP contribution in [0.1, 0.15) is 21.5 Å². The highest BCUT2D eigenvalue weighted by molar-refractivity contribution is 6.31. The molecule has 0 atom stereocenters. The highest BCUT2D eigenvalue weighted by Crippen LogP contribution is 2.21. The summed E-state index contributed by atoms with van der Waals surface area (Å²) >= 11 is 5.85. The number of rotatable bonds is 4. The Morgan fingerprint density at radius 3 is 2.59 bits per heavy atom. The lowest BCUT2D eigenvalue weighted by atomic mass is 9.98. The third-order valence-electron chi connectivity index (χ3n) is 3.67. The largest absolute Gasteiger partial charge is 0.292 e. The molecule has 0 saturated heterocycles. The molecule has 2 nitrogen and oxygen atoms in total. The SMILES string of the molecule is O=C(c1cc(F)cc(Cl)c1)c1ccccc1CN1CC=CC1. The molecule has 2 aromatic carbocycles. The van der Waals surface area contributed by atoms with Gasteiger partial charge in [-0.3, -0.25) is 9.69 Å². The summed E-state index contributed by atoms with van der Waals surface area (Å²) in [4.78, 5) is 14.9. The van der Waals surface area contributed by atoms with Crippen LogP contribution in [0.3, 0.4) is 0 Å². The zero-order valence-electron chi connectivity index (χ0n) is 11.9. The summed E-state index contributed by atoms with van der Waals surface area (Å²) in [5.74, 6) is -0.707. The topological polar surface area (TPSA) is 20.3 Å². The van der Waals surface area contributed by atoms with Crippen molar-refractivity contribution in [3.63, 3.8) is 0 Å². The minimum atomic E-state index is -0.503. The van der Waals surface area contributed by atoms with Crippen LogP contribution in [0.5, 0.6) is 0 Å². The number of ketones is 1. The van der Waals surface area contributed by atoms with Crippen molar-refractivity contribution >= 4 is 17.4 Å². The van der Waals surface area contributed by atoms with E-state index in [9.17, 15) is 9.18 Å². The lowest BCUT2D eigenvalue weighted by Crippen LogP contribution is -2.21. The number of benzene rings is 2. The number of nitrogens with zero attached hydrogens (tertiary/aromatic N) is 1. The Kier molecular flexibility index (Phi) is 4.36. The molecule has 0 fully saturated rings. The van der Waals surface area contributed by atoms with Crippen LogP contribution in [0, 0.1) is 5.82 Å². The summed E-state index contributed by atoms with van der Waals surface area (Å²) in [6, 6.07) is 11.4. The summed E-state index contributed by atoms with van der Waals surface area (Å²) in [5, 5.41) is 0.226. The molecule has 0 radical (unpaired) electrons. The van der Waals surface area contributed by atoms with Crippen LogP contribution in [0.25, 0.3) is 0 Å². The molecule has 0 spiro atoms. The zero-order chi connectivity index (χ0) is 15.5. The smallest absolute Gasteiger partial charge is 0.193 e. The van der Waals surface area contributed by atoms with Gasteiger partial charge < -0.3 is 0 Å². The van der Waals surface area contributed by atoms with Crippen molar-refractivity contribution in [1.29, 1.82) is 0 Å². The molecule has 1 aliphatic heterocycles. The van der Waals surface area contributed by atoms with Gasteiger partial charge in [-0.2, -0.15) is 0 Å². The number of halogens is 2. The number of hydrogen-bond acceptors (Lipinski definition) is 2. The molecule has 1 heterocycles. The third-order valence-corrected chi connectivity index (χ3v) is 3.89. The Balaban J connectivity index is 1.91. The summed E-state index contributed by atoms with van der Waals surface area (Å²) in [6.45, 7) is 2.46. The lowest BCUT2D eigenvalue weighted by molar-refractivity contribution is 0.103. The summed E-state index contributed by atoms with van der Waals surface area (Å²) in [5.41, 5.74) is 1.81. The van der Waals surface area contributed by atoms with Crippen molar-refractivity contribution in [1.82, 2.24) is 4.90 Å². The predicted molar refractivity (Wildman–Crippen MR) is 85.7 cm³/mol. The molecule has 0 amide bonds. The Bertz CT molecular complexity index is 713. The molecular formula is C18H15ClFNO. The lowest BCUT2D eigenvalue weighted by Gasteiger charge is -2.17. The van der Waals surface area contributed by atoms with E-state index in [-0.39, 0.29) is 16.4 Å². The number of carbonyl (C=O) groups is 1. The van der Waals surface area contributed by atoms with Crippen LogP contribution in [0.2, 0.25) is 5.02 Å². The van der Waals surface area contributed by atoms with E-state index >= 15 is 0 Å². The Labute approximate surface area is 133 Å². The van der Waals surface area contributed by atoms with Gasteiger partial charge in [-0.25, -0.2) is 4.39 Å². The van der Waals surface area contributed by atoms with Gasteiger partial charge in [0.2, 0.25) is 0 Å². The van der Waals surface area contributed by atoms with Crippen LogP contribution in [0.15, 0.2) is 54.6 Å². The second-order valence-electron chi connectivity index (χ2n) is 5.31. The van der Waals surface area contributed by atoms with E-state index in [2.05, 4.69) is 17.1 Å². The van der Waals surface area contributed by atoms with Crippen molar-refractivity contribution in [2.24, 2.45) is 0 Å². The van der Waals surface area contributed by atoms with E-state index in [0.29, 0.717) is 12.1 Å². The van der Waals surface area contributed by atoms with Gasteiger partial charge >= 0.3 is 0 Å². The fourth-order valence-electron chi connectivity index (χ4n) is 2.61. The van der Waals surface area contributed by atoms with E-state index in [1.807, 2.05) is 18.2 Å². The van der Waals surface area contributed by atoms with Gasteiger partial charge in [-0.1, -0.05) is 48.0 Å². The maximum atomic E-state index is 13.5. The van der Waals surface area contributed by atoms with E-state index < -0.39 is 5.82 Å². The Morgan fingerprint density at radius 2 is 1.86 bits per heavy atom. The standard InChI is InChI=1S/C18H15ClFNO/c19-15-9-14(10-16(20)11-15)18(22)17-6-2-1-5-13(17)12-21-7-3-4-8-21/h1-6,9-11H,7-8,12H2. The molecule has 4 heteroatoms. The average Bonchev–Trinajstić information content (AvgIpc) is 2.99. The van der Waals surface area contributed by atoms with Crippen molar-refractivity contribution in [3.8, 4) is 0 Å². The van der Waals surface area contributed by atoms with Crippen LogP contribution in [-0.2, 0) is 6.54 Å². The van der Waals surface area contributed by atoms with Crippen LogP contribution in [0.4, 0.5) is 4.39 Å². The first-order chi connectivity index (χ1) is 10.6. The van der Waals surface area contributed by atoms with Gasteiger partial charge in [0, 0.05) is 35.8 Å². The molecule has 0 unspecified atom stereocenters. The third kappa shape index (κ3) is 3.26. The molecule has 1 aliphatic rings. The zero-order valence-corrected chi connectivity index (χ0v) is 12.7. The fourth-order valence-corrected chi connectivity index (χ4v) is 2.83. The van der Waals surface area contributed by atoms with Gasteiger partial charge in [0.25, 0.3) is 0 Å². The van der Waals surface area contributed by atoms with Gasteiger partial charge in [-0.05, 0) is 23.8 Å². The number of carbonyl (C=O) groups excluding carboxylic acids is 1. The number of hydrogen-bond donors (Lipinski definition) is 0.